The molecule has 43 heavy (non-hydrogen) atoms. The molecule has 1 aromatic heterocycles. The molecule has 2 aromatic rings. The van der Waals surface area contributed by atoms with Crippen LogP contribution < -0.4 is 20.7 Å². The molecule has 0 spiro atoms. The molecule has 1 aliphatic heterocycles. The van der Waals surface area contributed by atoms with Gasteiger partial charge in [-0.15, -0.1) is 0 Å². The quantitative estimate of drug-likeness (QED) is 0.127. The summed E-state index contributed by atoms with van der Waals surface area (Å²) in [5.74, 6) is -0.214. The fourth-order valence-electron chi connectivity index (χ4n) is 4.77. The van der Waals surface area contributed by atoms with Crippen LogP contribution in [0.15, 0.2) is 48.7 Å². The highest BCUT2D eigenvalue weighted by Gasteiger charge is 2.31. The molecule has 0 saturated carbocycles. The summed E-state index contributed by atoms with van der Waals surface area (Å²) < 4.78 is 5.22. The third-order valence-corrected chi connectivity index (χ3v) is 10.1. The Labute approximate surface area is 262 Å². The number of methoxy groups -OCH3 is 1. The summed E-state index contributed by atoms with van der Waals surface area (Å²) >= 11 is 0. The van der Waals surface area contributed by atoms with Crippen LogP contribution in [0, 0.1) is 5.92 Å². The lowest BCUT2D eigenvalue weighted by Crippen LogP contribution is -2.55. The van der Waals surface area contributed by atoms with Gasteiger partial charge in [0.05, 0.1) is 7.11 Å². The lowest BCUT2D eigenvalue weighted by Gasteiger charge is -2.24. The van der Waals surface area contributed by atoms with Crippen molar-refractivity contribution in [1.29, 1.82) is 0 Å². The predicted molar refractivity (Wildman–Crippen MR) is 173 cm³/mol. The Kier molecular flexibility index (Phi) is 14.9. The zero-order chi connectivity index (χ0) is 31.0. The lowest BCUT2D eigenvalue weighted by molar-refractivity contribution is -0.140. The van der Waals surface area contributed by atoms with E-state index in [-0.39, 0.29) is 24.8 Å². The first-order chi connectivity index (χ1) is 20.7. The molecule has 0 radical (unpaired) electrons. The van der Waals surface area contributed by atoms with Crippen LogP contribution in [0.2, 0.25) is 0 Å². The van der Waals surface area contributed by atoms with Gasteiger partial charge >= 0.3 is 0 Å². The van der Waals surface area contributed by atoms with Crippen molar-refractivity contribution in [3.05, 3.63) is 59.9 Å². The van der Waals surface area contributed by atoms with Crippen molar-refractivity contribution in [3.8, 4) is 5.75 Å². The van der Waals surface area contributed by atoms with Gasteiger partial charge in [-0.25, -0.2) is 0 Å². The van der Waals surface area contributed by atoms with Crippen molar-refractivity contribution in [2.24, 2.45) is 5.92 Å². The van der Waals surface area contributed by atoms with Crippen LogP contribution in [0.4, 0.5) is 0 Å². The molecular weight excluding hydrogens is 585 g/mol. The highest BCUT2D eigenvalue weighted by molar-refractivity contribution is 8.77. The van der Waals surface area contributed by atoms with E-state index in [9.17, 15) is 19.2 Å². The van der Waals surface area contributed by atoms with Crippen LogP contribution in [0.1, 0.15) is 63.6 Å². The topological polar surface area (TPSA) is 126 Å². The summed E-state index contributed by atoms with van der Waals surface area (Å²) in [4.78, 5) is 56.8. The van der Waals surface area contributed by atoms with Crippen molar-refractivity contribution >= 4 is 45.1 Å². The van der Waals surface area contributed by atoms with Gasteiger partial charge in [-0.05, 0) is 61.4 Å². The van der Waals surface area contributed by atoms with Crippen LogP contribution in [0.3, 0.4) is 0 Å². The second-order valence-corrected chi connectivity index (χ2v) is 13.9. The molecule has 1 aliphatic rings. The predicted octanol–water partition coefficient (Wildman–Crippen LogP) is 4.29. The van der Waals surface area contributed by atoms with Gasteiger partial charge < -0.3 is 20.7 Å². The number of ketones is 1. The molecule has 3 N–H and O–H groups in total. The Morgan fingerprint density at radius 2 is 1.81 bits per heavy atom. The first-order valence-electron chi connectivity index (χ1n) is 15.0. The molecule has 3 amide bonds. The summed E-state index contributed by atoms with van der Waals surface area (Å²) in [7, 11) is 5.41. The van der Waals surface area contributed by atoms with E-state index in [4.69, 9.17) is 4.74 Å². The highest BCUT2D eigenvalue weighted by Crippen LogP contribution is 2.39. The number of nitrogens with zero attached hydrogens (tertiary/aromatic N) is 1. The maximum absolute atomic E-state index is 13.5. The summed E-state index contributed by atoms with van der Waals surface area (Å²) in [5.41, 5.74) is 1.55. The number of hydrogen-bond acceptors (Lipinski definition) is 8. The Hall–Kier alpha value is -3.05. The van der Waals surface area contributed by atoms with Crippen molar-refractivity contribution in [1.82, 2.24) is 20.9 Å². The molecule has 1 saturated heterocycles. The molecule has 3 atom stereocenters. The average molecular weight is 629 g/mol. The number of benzene rings is 1. The van der Waals surface area contributed by atoms with Gasteiger partial charge in [0.1, 0.15) is 17.8 Å². The minimum Gasteiger partial charge on any atom is -0.497 e. The van der Waals surface area contributed by atoms with Crippen LogP contribution in [0.5, 0.6) is 5.75 Å². The summed E-state index contributed by atoms with van der Waals surface area (Å²) in [6.07, 6.45) is 7.06. The molecule has 1 fully saturated rings. The van der Waals surface area contributed by atoms with E-state index in [0.717, 1.165) is 30.5 Å². The Bertz CT molecular complexity index is 1170. The Balaban J connectivity index is 1.62. The molecular formula is C32H44N4O5S2. The van der Waals surface area contributed by atoms with E-state index in [1.54, 1.807) is 37.6 Å². The van der Waals surface area contributed by atoms with Crippen molar-refractivity contribution < 1.29 is 23.9 Å². The van der Waals surface area contributed by atoms with Gasteiger partial charge in [-0.2, -0.15) is 0 Å². The number of pyridine rings is 1. The zero-order valence-corrected chi connectivity index (χ0v) is 26.9. The standard InChI is InChI=1S/C32H44N4O5S2/c1-22(2)20-28(35-29(37)10-5-4-9-26-16-19-42-43-26)31(39)36-27(21-23-11-13-25(41-3)14-12-23)30(38)32(40)34-18-15-24-8-6-7-17-33-24/h6-8,11-14,17,22,26-28H,4-5,9-10,15-16,18-21H2,1-3H3,(H,34,40)(H,35,37)(H,36,39)/t26?,27-,28-/m0/s1. The van der Waals surface area contributed by atoms with Gasteiger partial charge in [0, 0.05) is 48.7 Å². The molecule has 234 valence electrons. The number of carbonyl (C=O) groups is 4. The van der Waals surface area contributed by atoms with Crippen LogP contribution in [0.25, 0.3) is 0 Å². The number of unbranched alkanes of at least 4 members (excludes halogenated alkanes) is 1. The van der Waals surface area contributed by atoms with Crippen LogP contribution >= 0.6 is 21.6 Å². The second-order valence-electron chi connectivity index (χ2n) is 11.1. The molecule has 1 aromatic carbocycles. The van der Waals surface area contributed by atoms with Crippen LogP contribution in [-0.2, 0) is 32.0 Å². The van der Waals surface area contributed by atoms with E-state index in [1.807, 2.05) is 53.6 Å². The van der Waals surface area contributed by atoms with E-state index >= 15 is 0 Å². The third-order valence-electron chi connectivity index (χ3n) is 7.11. The first-order valence-corrected chi connectivity index (χ1v) is 17.4. The second kappa shape index (κ2) is 18.6. The zero-order valence-electron chi connectivity index (χ0n) is 25.3. The fourth-order valence-corrected chi connectivity index (χ4v) is 7.79. The van der Waals surface area contributed by atoms with Gasteiger partial charge in [-0.3, -0.25) is 24.2 Å². The van der Waals surface area contributed by atoms with E-state index < -0.39 is 29.7 Å². The number of ether oxygens (including phenoxy) is 1. The van der Waals surface area contributed by atoms with Crippen LogP contribution in [-0.4, -0.2) is 65.2 Å². The van der Waals surface area contributed by atoms with Gasteiger partial charge in [-0.1, -0.05) is 60.1 Å². The van der Waals surface area contributed by atoms with E-state index in [2.05, 4.69) is 20.9 Å². The summed E-state index contributed by atoms with van der Waals surface area (Å²) in [6, 6.07) is 10.7. The number of rotatable bonds is 18. The maximum atomic E-state index is 13.5. The van der Waals surface area contributed by atoms with E-state index in [1.165, 1.54) is 12.2 Å². The largest absolute Gasteiger partial charge is 0.497 e. The van der Waals surface area contributed by atoms with E-state index in [0.29, 0.717) is 30.3 Å². The summed E-state index contributed by atoms with van der Waals surface area (Å²) in [5, 5.41) is 9.00. The molecule has 0 aliphatic carbocycles. The summed E-state index contributed by atoms with van der Waals surface area (Å²) in [6.45, 7) is 4.17. The molecule has 2 heterocycles. The lowest BCUT2D eigenvalue weighted by atomic mass is 9.99. The molecule has 0 bridgehead atoms. The number of nitrogens with one attached hydrogen (secondary N) is 3. The smallest absolute Gasteiger partial charge is 0.289 e. The molecule has 9 nitrogen and oxygen atoms in total. The minimum absolute atomic E-state index is 0.113. The number of aromatic nitrogens is 1. The first kappa shape index (κ1) is 34.4. The molecule has 1 unspecified atom stereocenters. The fraction of sp³-hybridized carbons (Fsp3) is 0.531. The number of Topliss-reactive ketones (excluding diaryl/α,β-unsaturated/α-hetero) is 1. The molecule has 3 rings (SSSR count). The van der Waals surface area contributed by atoms with Crippen molar-refractivity contribution in [2.45, 2.75) is 82.5 Å². The monoisotopic (exact) mass is 628 g/mol. The molecule has 11 heteroatoms. The van der Waals surface area contributed by atoms with Crippen molar-refractivity contribution in [2.75, 3.05) is 19.4 Å². The minimum atomic E-state index is -1.11. The van der Waals surface area contributed by atoms with Gasteiger partial charge in [0.15, 0.2) is 0 Å². The highest BCUT2D eigenvalue weighted by atomic mass is 33.1. The van der Waals surface area contributed by atoms with Crippen molar-refractivity contribution in [3.63, 3.8) is 0 Å². The average Bonchev–Trinajstić information content (AvgIpc) is 3.52. The number of carbonyl (C=O) groups excluding carboxylic acids is 4. The maximum Gasteiger partial charge on any atom is 0.289 e. The SMILES string of the molecule is COc1ccc(C[C@H](NC(=O)[C@H](CC(C)C)NC(=O)CCCCC2CCSS2)C(=O)C(=O)NCCc2ccccn2)cc1. The third kappa shape index (κ3) is 12.6. The van der Waals surface area contributed by atoms with Gasteiger partial charge in [0.2, 0.25) is 17.6 Å². The normalized spacial score (nSPS) is 15.9. The Morgan fingerprint density at radius 3 is 2.47 bits per heavy atom. The Morgan fingerprint density at radius 1 is 1.02 bits per heavy atom. The number of amides is 3. The number of hydrogen-bond donors (Lipinski definition) is 3. The van der Waals surface area contributed by atoms with Gasteiger partial charge in [0.25, 0.3) is 5.91 Å².